The number of rotatable bonds is 5. The van der Waals surface area contributed by atoms with Gasteiger partial charge in [0.15, 0.2) is 0 Å². The smallest absolute Gasteiger partial charge is 0.311 e. The number of para-hydroxylation sites is 1. The predicted molar refractivity (Wildman–Crippen MR) is 80.1 cm³/mol. The van der Waals surface area contributed by atoms with Gasteiger partial charge in [-0.2, -0.15) is 0 Å². The third kappa shape index (κ3) is 3.02. The van der Waals surface area contributed by atoms with E-state index in [1.807, 2.05) is 24.3 Å². The van der Waals surface area contributed by atoms with Crippen LogP contribution in [0.5, 0.6) is 0 Å². The molecule has 0 radical (unpaired) electrons. The van der Waals surface area contributed by atoms with E-state index in [1.165, 1.54) is 0 Å². The van der Waals surface area contributed by atoms with Crippen LogP contribution in [-0.2, 0) is 4.79 Å². The van der Waals surface area contributed by atoms with E-state index in [-0.39, 0.29) is 12.5 Å². The summed E-state index contributed by atoms with van der Waals surface area (Å²) in [6, 6.07) is 9.00. The Labute approximate surface area is 123 Å². The van der Waals surface area contributed by atoms with Crippen molar-refractivity contribution in [1.82, 2.24) is 10.3 Å². The zero-order chi connectivity index (χ0) is 15.5. The van der Waals surface area contributed by atoms with E-state index in [0.717, 1.165) is 10.9 Å². The molecule has 2 rings (SSSR count). The number of carboxylic acids is 1. The summed E-state index contributed by atoms with van der Waals surface area (Å²) in [5.41, 5.74) is 0.282. The number of nitrogens with one attached hydrogen (secondary N) is 1. The molecule has 0 saturated carbocycles. The molecule has 5 nitrogen and oxygen atoms in total. The van der Waals surface area contributed by atoms with Crippen LogP contribution in [0.25, 0.3) is 10.9 Å². The average Bonchev–Trinajstić information content (AvgIpc) is 2.51. The third-order valence-electron chi connectivity index (χ3n) is 3.83. The number of carbonyl (C=O) groups excluding carboxylic acids is 1. The SMILES string of the molecule is CCC(C)(CNC(=O)c1ccnc2ccccc12)C(=O)O. The van der Waals surface area contributed by atoms with Gasteiger partial charge in [-0.25, -0.2) is 0 Å². The Bertz CT molecular complexity index is 679. The van der Waals surface area contributed by atoms with Gasteiger partial charge in [-0.15, -0.1) is 0 Å². The van der Waals surface area contributed by atoms with Crippen molar-refractivity contribution < 1.29 is 14.7 Å². The summed E-state index contributed by atoms with van der Waals surface area (Å²) in [5.74, 6) is -1.19. The van der Waals surface area contributed by atoms with Crippen molar-refractivity contribution in [3.8, 4) is 0 Å². The van der Waals surface area contributed by atoms with Gasteiger partial charge in [0.2, 0.25) is 0 Å². The molecule has 1 unspecified atom stereocenters. The molecule has 0 bridgehead atoms. The monoisotopic (exact) mass is 286 g/mol. The Morgan fingerprint density at radius 2 is 2.00 bits per heavy atom. The second-order valence-electron chi connectivity index (χ2n) is 5.28. The molecule has 1 heterocycles. The standard InChI is InChI=1S/C16H18N2O3/c1-3-16(2,15(20)21)10-18-14(19)12-8-9-17-13-7-5-4-6-11(12)13/h4-9H,3,10H2,1-2H3,(H,18,19)(H,20,21). The molecule has 5 heteroatoms. The first-order valence-corrected chi connectivity index (χ1v) is 6.83. The van der Waals surface area contributed by atoms with Crippen LogP contribution in [0.1, 0.15) is 30.6 Å². The van der Waals surface area contributed by atoms with Crippen molar-refractivity contribution in [3.63, 3.8) is 0 Å². The first-order chi connectivity index (χ1) is 9.98. The van der Waals surface area contributed by atoms with Gasteiger partial charge in [0.05, 0.1) is 16.5 Å². The summed E-state index contributed by atoms with van der Waals surface area (Å²) < 4.78 is 0. The minimum atomic E-state index is -0.960. The number of hydrogen-bond donors (Lipinski definition) is 2. The Morgan fingerprint density at radius 1 is 1.29 bits per heavy atom. The van der Waals surface area contributed by atoms with Crippen molar-refractivity contribution in [2.24, 2.45) is 5.41 Å². The lowest BCUT2D eigenvalue weighted by Crippen LogP contribution is -2.40. The molecule has 1 aromatic carbocycles. The van der Waals surface area contributed by atoms with Crippen molar-refractivity contribution in [2.45, 2.75) is 20.3 Å². The quantitative estimate of drug-likeness (QED) is 0.885. The number of pyridine rings is 1. The zero-order valence-corrected chi connectivity index (χ0v) is 12.1. The van der Waals surface area contributed by atoms with Crippen LogP contribution < -0.4 is 5.32 Å². The van der Waals surface area contributed by atoms with Gasteiger partial charge in [0.25, 0.3) is 5.91 Å². The normalized spacial score (nSPS) is 13.6. The summed E-state index contributed by atoms with van der Waals surface area (Å²) in [4.78, 5) is 27.8. The average molecular weight is 286 g/mol. The topological polar surface area (TPSA) is 79.3 Å². The lowest BCUT2D eigenvalue weighted by atomic mass is 9.87. The molecule has 0 aliphatic rings. The summed E-state index contributed by atoms with van der Waals surface area (Å²) in [6.45, 7) is 3.51. The van der Waals surface area contributed by atoms with E-state index >= 15 is 0 Å². The highest BCUT2D eigenvalue weighted by molar-refractivity contribution is 6.06. The van der Waals surface area contributed by atoms with Gasteiger partial charge in [0, 0.05) is 18.1 Å². The molecule has 0 aliphatic heterocycles. The number of benzene rings is 1. The fourth-order valence-electron chi connectivity index (χ4n) is 2.02. The van der Waals surface area contributed by atoms with Gasteiger partial charge in [-0.1, -0.05) is 25.1 Å². The molecule has 1 aromatic heterocycles. The van der Waals surface area contributed by atoms with Crippen LogP contribution in [0.4, 0.5) is 0 Å². The highest BCUT2D eigenvalue weighted by Gasteiger charge is 2.31. The van der Waals surface area contributed by atoms with Crippen molar-refractivity contribution >= 4 is 22.8 Å². The molecule has 2 aromatic rings. The van der Waals surface area contributed by atoms with Crippen LogP contribution in [-0.4, -0.2) is 28.5 Å². The van der Waals surface area contributed by atoms with E-state index < -0.39 is 11.4 Å². The maximum Gasteiger partial charge on any atom is 0.311 e. The van der Waals surface area contributed by atoms with Crippen LogP contribution in [0.2, 0.25) is 0 Å². The number of aromatic nitrogens is 1. The molecule has 110 valence electrons. The zero-order valence-electron chi connectivity index (χ0n) is 12.1. The molecular formula is C16H18N2O3. The van der Waals surface area contributed by atoms with E-state index in [2.05, 4.69) is 10.3 Å². The Morgan fingerprint density at radius 3 is 2.67 bits per heavy atom. The summed E-state index contributed by atoms with van der Waals surface area (Å²) in [7, 11) is 0. The van der Waals surface area contributed by atoms with Crippen molar-refractivity contribution in [2.75, 3.05) is 6.54 Å². The lowest BCUT2D eigenvalue weighted by Gasteiger charge is -2.23. The number of carbonyl (C=O) groups is 2. The van der Waals surface area contributed by atoms with E-state index in [0.29, 0.717) is 12.0 Å². The fraction of sp³-hybridized carbons (Fsp3) is 0.312. The molecule has 21 heavy (non-hydrogen) atoms. The maximum absolute atomic E-state index is 12.3. The van der Waals surface area contributed by atoms with Crippen LogP contribution in [0.15, 0.2) is 36.5 Å². The van der Waals surface area contributed by atoms with E-state index in [1.54, 1.807) is 26.1 Å². The maximum atomic E-state index is 12.3. The molecule has 1 amide bonds. The van der Waals surface area contributed by atoms with Crippen molar-refractivity contribution in [1.29, 1.82) is 0 Å². The highest BCUT2D eigenvalue weighted by Crippen LogP contribution is 2.21. The number of nitrogens with zero attached hydrogens (tertiary/aromatic N) is 1. The second-order valence-corrected chi connectivity index (χ2v) is 5.28. The predicted octanol–water partition coefficient (Wildman–Crippen LogP) is 2.47. The number of hydrogen-bond acceptors (Lipinski definition) is 3. The number of aliphatic carboxylic acids is 1. The van der Waals surface area contributed by atoms with Crippen LogP contribution in [0, 0.1) is 5.41 Å². The molecule has 0 spiro atoms. The summed E-state index contributed by atoms with van der Waals surface area (Å²) in [5, 5.41) is 12.7. The first-order valence-electron chi connectivity index (χ1n) is 6.83. The minimum Gasteiger partial charge on any atom is -0.481 e. The molecule has 1 atom stereocenters. The number of amides is 1. The molecule has 0 aliphatic carbocycles. The fourth-order valence-corrected chi connectivity index (χ4v) is 2.02. The Kier molecular flexibility index (Phi) is 4.21. The number of carboxylic acid groups (broad SMARTS) is 1. The summed E-state index contributed by atoms with van der Waals surface area (Å²) in [6.07, 6.45) is 2.02. The molecule has 0 fully saturated rings. The van der Waals surface area contributed by atoms with Crippen LogP contribution >= 0.6 is 0 Å². The van der Waals surface area contributed by atoms with Crippen LogP contribution in [0.3, 0.4) is 0 Å². The summed E-state index contributed by atoms with van der Waals surface area (Å²) >= 11 is 0. The van der Waals surface area contributed by atoms with Gasteiger partial charge in [0.1, 0.15) is 0 Å². The lowest BCUT2D eigenvalue weighted by molar-refractivity contribution is -0.147. The largest absolute Gasteiger partial charge is 0.481 e. The third-order valence-corrected chi connectivity index (χ3v) is 3.83. The van der Waals surface area contributed by atoms with Gasteiger partial charge >= 0.3 is 5.97 Å². The first kappa shape index (κ1) is 15.0. The molecule has 2 N–H and O–H groups in total. The number of fused-ring (bicyclic) bond motifs is 1. The molecular weight excluding hydrogens is 268 g/mol. The molecule has 0 saturated heterocycles. The van der Waals surface area contributed by atoms with E-state index in [9.17, 15) is 14.7 Å². The van der Waals surface area contributed by atoms with E-state index in [4.69, 9.17) is 0 Å². The van der Waals surface area contributed by atoms with Gasteiger partial charge in [-0.3, -0.25) is 14.6 Å². The van der Waals surface area contributed by atoms with Gasteiger partial charge in [-0.05, 0) is 25.5 Å². The Hall–Kier alpha value is -2.43. The highest BCUT2D eigenvalue weighted by atomic mass is 16.4. The Balaban J connectivity index is 2.22. The van der Waals surface area contributed by atoms with Crippen molar-refractivity contribution in [3.05, 3.63) is 42.1 Å². The second kappa shape index (κ2) is 5.91. The minimum absolute atomic E-state index is 0.0916. The van der Waals surface area contributed by atoms with Gasteiger partial charge < -0.3 is 10.4 Å².